The first-order valence-corrected chi connectivity index (χ1v) is 24.2. The summed E-state index contributed by atoms with van der Waals surface area (Å²) in [5.41, 5.74) is 11.2. The first-order valence-electron chi connectivity index (χ1n) is 24.2. The number of rotatable bonds is 30. The molecule has 36 nitrogen and oxygen atoms in total. The van der Waals surface area contributed by atoms with Crippen molar-refractivity contribution in [2.24, 2.45) is 11.5 Å². The summed E-state index contributed by atoms with van der Waals surface area (Å²) in [4.78, 5) is 191. The number of hydrogen-bond donors (Lipinski definition) is 21. The second-order valence-corrected chi connectivity index (χ2v) is 17.9. The van der Waals surface area contributed by atoms with Crippen LogP contribution in [0.5, 0.6) is 0 Å². The van der Waals surface area contributed by atoms with Crippen molar-refractivity contribution in [3.63, 3.8) is 0 Å². The molecule has 0 aliphatic carbocycles. The molecule has 1 aliphatic rings. The number of hydrogen-bond acceptors (Lipinski definition) is 19. The minimum Gasteiger partial charge on any atom is -0.481 e. The molecule has 1 aliphatic heterocycles. The van der Waals surface area contributed by atoms with Crippen LogP contribution in [0.15, 0.2) is 30.3 Å². The Kier molecular flexibility index (Phi) is 28.1. The number of carboxylic acids is 6. The van der Waals surface area contributed by atoms with Gasteiger partial charge in [-0.3, -0.25) is 82.6 Å². The monoisotopic (exact) mass is 1150 g/mol. The lowest BCUT2D eigenvalue weighted by Crippen LogP contribution is -2.60. The molecule has 10 atom stereocenters. The highest BCUT2D eigenvalue weighted by Crippen LogP contribution is 2.10. The zero-order valence-electron chi connectivity index (χ0n) is 42.8. The van der Waals surface area contributed by atoms with Crippen LogP contribution in [-0.4, -0.2) is 211 Å². The summed E-state index contributed by atoms with van der Waals surface area (Å²) < 4.78 is 0. The van der Waals surface area contributed by atoms with Crippen LogP contribution < -0.4 is 70.0 Å². The van der Waals surface area contributed by atoms with Gasteiger partial charge in [0.15, 0.2) is 5.96 Å². The molecule has 0 saturated carbocycles. The summed E-state index contributed by atoms with van der Waals surface area (Å²) >= 11 is 0. The van der Waals surface area contributed by atoms with Gasteiger partial charge < -0.3 is 100 Å². The molecule has 81 heavy (non-hydrogen) atoms. The zero-order valence-corrected chi connectivity index (χ0v) is 42.8. The fourth-order valence-electron chi connectivity index (χ4n) is 7.35. The van der Waals surface area contributed by atoms with Crippen molar-refractivity contribution < 1.29 is 108 Å². The number of carboxylic acid groups (broad SMARTS) is 6. The minimum absolute atomic E-state index is 0.0303. The Bertz CT molecular complexity index is 2520. The topological polar surface area (TPSA) is 606 Å². The predicted molar refractivity (Wildman–Crippen MR) is 268 cm³/mol. The molecule has 1 fully saturated rings. The summed E-state index contributed by atoms with van der Waals surface area (Å²) in [5.74, 6) is -22.5. The lowest BCUT2D eigenvalue weighted by molar-refractivity contribution is -0.145. The first kappa shape index (κ1) is 67.5. The lowest BCUT2D eigenvalue weighted by Gasteiger charge is -2.28. The average Bonchev–Trinajstić information content (AvgIpc) is 3.36. The van der Waals surface area contributed by atoms with E-state index in [0.717, 1.165) is 0 Å². The van der Waals surface area contributed by atoms with Crippen LogP contribution in [0.3, 0.4) is 0 Å². The van der Waals surface area contributed by atoms with E-state index < -0.39 is 214 Å². The second-order valence-electron chi connectivity index (χ2n) is 17.9. The highest BCUT2D eigenvalue weighted by Gasteiger charge is 2.37. The Morgan fingerprint density at radius 2 is 0.988 bits per heavy atom. The number of carbonyl (C=O) groups is 15. The van der Waals surface area contributed by atoms with Gasteiger partial charge >= 0.3 is 35.8 Å². The number of amides is 9. The molecule has 3 unspecified atom stereocenters. The number of nitrogens with one attached hydrogen (secondary N) is 12. The van der Waals surface area contributed by atoms with Gasteiger partial charge in [-0.15, -0.1) is 0 Å². The first-order chi connectivity index (χ1) is 37.9. The number of aliphatic hydroxyl groups is 1. The maximum atomic E-state index is 14.2. The molecule has 36 heteroatoms. The quantitative estimate of drug-likeness (QED) is 0.0193. The van der Waals surface area contributed by atoms with Crippen LogP contribution in [0.4, 0.5) is 0 Å². The summed E-state index contributed by atoms with van der Waals surface area (Å²) in [7, 11) is 0. The maximum absolute atomic E-state index is 14.2. The molecule has 0 radical (unpaired) electrons. The van der Waals surface area contributed by atoms with E-state index in [1.54, 1.807) is 30.3 Å². The zero-order chi connectivity index (χ0) is 61.1. The third-order valence-electron chi connectivity index (χ3n) is 11.3. The van der Waals surface area contributed by atoms with Gasteiger partial charge in [0, 0.05) is 19.5 Å². The molecule has 0 bridgehead atoms. The van der Waals surface area contributed by atoms with Crippen LogP contribution in [0.1, 0.15) is 63.4 Å². The highest BCUT2D eigenvalue weighted by atomic mass is 16.4. The highest BCUT2D eigenvalue weighted by molar-refractivity contribution is 6.00. The molecule has 9 amide bonds. The number of carbonyl (C=O) groups excluding carboxylic acids is 9. The number of aliphatic hydroxyl groups excluding tert-OH is 1. The fourth-order valence-corrected chi connectivity index (χ4v) is 7.35. The van der Waals surface area contributed by atoms with E-state index in [1.807, 2.05) is 21.3 Å². The van der Waals surface area contributed by atoms with E-state index in [0.29, 0.717) is 5.56 Å². The van der Waals surface area contributed by atoms with E-state index in [4.69, 9.17) is 22.0 Å². The normalized spacial score (nSPS) is 19.6. The van der Waals surface area contributed by atoms with E-state index >= 15 is 0 Å². The minimum atomic E-state index is -2.31. The van der Waals surface area contributed by atoms with Crippen LogP contribution in [0.2, 0.25) is 0 Å². The van der Waals surface area contributed by atoms with Gasteiger partial charge in [0.2, 0.25) is 53.2 Å². The van der Waals surface area contributed by atoms with Gasteiger partial charge in [-0.1, -0.05) is 30.3 Å². The second kappa shape index (κ2) is 33.7. The van der Waals surface area contributed by atoms with Crippen molar-refractivity contribution in [2.75, 3.05) is 19.6 Å². The van der Waals surface area contributed by atoms with Crippen LogP contribution in [-0.2, 0) is 78.3 Å². The lowest BCUT2D eigenvalue weighted by atomic mass is 10.0. The van der Waals surface area contributed by atoms with Crippen LogP contribution in [0.25, 0.3) is 0 Å². The molecule has 2 rings (SSSR count). The average molecular weight is 1150 g/mol. The van der Waals surface area contributed by atoms with E-state index in [1.165, 1.54) is 0 Å². The molecule has 0 aromatic heterocycles. The maximum Gasteiger partial charge on any atom is 0.305 e. The van der Waals surface area contributed by atoms with Gasteiger partial charge in [-0.05, 0) is 24.8 Å². The Balaban J connectivity index is 2.50. The third kappa shape index (κ3) is 26.1. The third-order valence-corrected chi connectivity index (χ3v) is 11.3. The van der Waals surface area contributed by atoms with Crippen LogP contribution in [0, 0.1) is 5.41 Å². The predicted octanol–water partition coefficient (Wildman–Crippen LogP) is -9.03. The van der Waals surface area contributed by atoms with Gasteiger partial charge in [-0.25, -0.2) is 0 Å². The summed E-state index contributed by atoms with van der Waals surface area (Å²) in [6, 6.07) is -9.25. The van der Waals surface area contributed by atoms with Crippen LogP contribution >= 0.6 is 0 Å². The largest absolute Gasteiger partial charge is 0.481 e. The number of benzene rings is 1. The smallest absolute Gasteiger partial charge is 0.305 e. The van der Waals surface area contributed by atoms with Crippen molar-refractivity contribution in [2.45, 2.75) is 125 Å². The van der Waals surface area contributed by atoms with E-state index in [-0.39, 0.29) is 25.8 Å². The molecule has 446 valence electrons. The van der Waals surface area contributed by atoms with Gasteiger partial charge in [0.1, 0.15) is 48.5 Å². The van der Waals surface area contributed by atoms with Crippen molar-refractivity contribution in [1.82, 2.24) is 58.5 Å². The summed E-state index contributed by atoms with van der Waals surface area (Å²) in [6.45, 7) is -1.41. The Morgan fingerprint density at radius 1 is 0.543 bits per heavy atom. The molecule has 1 aromatic carbocycles. The van der Waals surface area contributed by atoms with Crippen molar-refractivity contribution >= 4 is 94.9 Å². The SMILES string of the molecule is N=C(N)NCCCC1NC(=O)C(CCNC(=O)[C@H](CC(=O)O)NC(=O)[C@H](CC(=O)O)NC(=O)[C@H](CC(=O)O)NC(=O)[C@H](CC(=O)O)NC(=O)[C@@H](N)CC(=O)O)NC(=O)[C@@H](Cc2ccccc2)NC(=O)[C@H](CC(=O)O)NC(=O)CNC1O. The molecule has 23 N–H and O–H groups in total. The standard InChI is InChI=1S/C45H64N14O22/c46-20(12-30(61)62)36(73)55-26(15-33(67)68)42(79)58-28(17-35(71)72)44(81)59-27(16-34(69)70)43(80)57-24(13-31(63)64)38(75)49-10-8-22-39(76)53-21(7-4-9-50-45(47)48)37(74)51-18-29(60)52-25(14-32(65)66)41(78)56-23(40(77)54-22)11-19-5-2-1-3-6-19/h1-3,5-6,20-28,37,51,74H,4,7-18,46H2,(H,49,75)(H,52,60)(H,53,76)(H,54,77)(H,55,73)(H,56,78)(H,57,80)(H,58,79)(H,59,81)(H,61,62)(H,63,64)(H,65,66)(H,67,68)(H,69,70)(H,71,72)(H4,47,48,50)/t20-,21?,22?,23+,24-,25-,26-,27-,28-,37?/m0/s1. The number of aliphatic carboxylic acids is 6. The molecule has 1 aromatic rings. The van der Waals surface area contributed by atoms with Crippen molar-refractivity contribution in [3.8, 4) is 0 Å². The Hall–Kier alpha value is -9.58. The Morgan fingerprint density at radius 3 is 1.46 bits per heavy atom. The number of guanidine groups is 1. The molecule has 1 saturated heterocycles. The molecule has 1 heterocycles. The van der Waals surface area contributed by atoms with E-state index in [2.05, 4.69) is 37.2 Å². The van der Waals surface area contributed by atoms with Gasteiger partial charge in [0.25, 0.3) is 0 Å². The van der Waals surface area contributed by atoms with Crippen molar-refractivity contribution in [1.29, 1.82) is 5.41 Å². The molecule has 0 spiro atoms. The summed E-state index contributed by atoms with van der Waals surface area (Å²) in [6.07, 6.45) is -9.88. The summed E-state index contributed by atoms with van der Waals surface area (Å²) in [5, 5.41) is 99.3. The molecular formula is C45H64N14O22. The van der Waals surface area contributed by atoms with Gasteiger partial charge in [-0.2, -0.15) is 0 Å². The molecular weight excluding hydrogens is 1090 g/mol. The van der Waals surface area contributed by atoms with E-state index in [9.17, 15) is 103 Å². The fraction of sp³-hybridized carbons (Fsp3) is 0.511. The number of nitrogens with two attached hydrogens (primary N) is 2. The Labute approximate surface area is 457 Å². The van der Waals surface area contributed by atoms with Gasteiger partial charge in [0.05, 0.1) is 57.2 Å². The van der Waals surface area contributed by atoms with Crippen molar-refractivity contribution in [3.05, 3.63) is 35.9 Å².